The third-order valence-electron chi connectivity index (χ3n) is 2.63. The van der Waals surface area contributed by atoms with Crippen molar-refractivity contribution in [3.05, 3.63) is 0 Å². The third kappa shape index (κ3) is 6.00. The lowest BCUT2D eigenvalue weighted by Crippen LogP contribution is -2.39. The largest absolute Gasteiger partial charge is 0.459 e. The first kappa shape index (κ1) is 17.6. The van der Waals surface area contributed by atoms with E-state index in [0.29, 0.717) is 32.2 Å². The Morgan fingerprint density at radius 3 is 2.78 bits per heavy atom. The summed E-state index contributed by atoms with van der Waals surface area (Å²) >= 11 is 0. The normalized spacial score (nSPS) is 29.8. The van der Waals surface area contributed by atoms with E-state index in [1.165, 1.54) is 0 Å². The number of rotatable bonds is 3. The van der Waals surface area contributed by atoms with Crippen LogP contribution in [0, 0.1) is 5.92 Å². The van der Waals surface area contributed by atoms with Crippen LogP contribution in [0.3, 0.4) is 0 Å². The number of carbonyl (C=O) groups excluding carboxylic acids is 1. The summed E-state index contributed by atoms with van der Waals surface area (Å²) < 4.78 is 16.4. The van der Waals surface area contributed by atoms with Crippen LogP contribution in [0.15, 0.2) is 0 Å². The van der Waals surface area contributed by atoms with Gasteiger partial charge in [-0.15, -0.1) is 12.4 Å². The molecule has 1 aliphatic heterocycles. The lowest BCUT2D eigenvalue weighted by molar-refractivity contribution is -0.159. The van der Waals surface area contributed by atoms with Crippen LogP contribution in [-0.2, 0) is 19.0 Å². The number of ether oxygens (including phenoxy) is 3. The molecule has 3 atom stereocenters. The molecule has 0 aromatic heterocycles. The van der Waals surface area contributed by atoms with Crippen LogP contribution in [0.25, 0.3) is 0 Å². The van der Waals surface area contributed by atoms with Crippen LogP contribution in [0.4, 0.5) is 0 Å². The molecular weight excluding hydrogens is 258 g/mol. The first-order valence-electron chi connectivity index (χ1n) is 6.16. The van der Waals surface area contributed by atoms with Crippen molar-refractivity contribution >= 4 is 18.4 Å². The second-order valence-corrected chi connectivity index (χ2v) is 4.88. The van der Waals surface area contributed by atoms with Crippen molar-refractivity contribution in [1.29, 1.82) is 0 Å². The SMILES string of the molecule is CC(C)CO[C@@H]1COCC[C@H](N)C(=O)O[C@H]1C.Cl. The summed E-state index contributed by atoms with van der Waals surface area (Å²) in [7, 11) is 0. The summed E-state index contributed by atoms with van der Waals surface area (Å²) in [5, 5.41) is 0. The van der Waals surface area contributed by atoms with Crippen molar-refractivity contribution in [3.8, 4) is 0 Å². The molecular formula is C12H24ClNO4. The molecule has 0 aliphatic carbocycles. The van der Waals surface area contributed by atoms with Gasteiger partial charge in [0.05, 0.1) is 6.61 Å². The number of nitrogens with two attached hydrogens (primary N) is 1. The maximum Gasteiger partial charge on any atom is 0.323 e. The average molecular weight is 282 g/mol. The smallest absolute Gasteiger partial charge is 0.323 e. The minimum Gasteiger partial charge on any atom is -0.459 e. The predicted molar refractivity (Wildman–Crippen MR) is 70.8 cm³/mol. The Balaban J connectivity index is 0.00000289. The van der Waals surface area contributed by atoms with Crippen LogP contribution < -0.4 is 5.73 Å². The Morgan fingerprint density at radius 1 is 1.50 bits per heavy atom. The second kappa shape index (κ2) is 8.69. The second-order valence-electron chi connectivity index (χ2n) is 4.88. The summed E-state index contributed by atoms with van der Waals surface area (Å²) in [5.41, 5.74) is 5.65. The van der Waals surface area contributed by atoms with E-state index < -0.39 is 6.04 Å². The molecule has 0 bridgehead atoms. The first-order chi connectivity index (χ1) is 8.00. The van der Waals surface area contributed by atoms with Gasteiger partial charge in [-0.1, -0.05) is 13.8 Å². The minimum atomic E-state index is -0.596. The molecule has 0 saturated carbocycles. The van der Waals surface area contributed by atoms with E-state index in [9.17, 15) is 4.79 Å². The van der Waals surface area contributed by atoms with Gasteiger partial charge in [0.15, 0.2) is 0 Å². The maximum atomic E-state index is 11.6. The van der Waals surface area contributed by atoms with Gasteiger partial charge in [0.1, 0.15) is 18.2 Å². The topological polar surface area (TPSA) is 70.8 Å². The van der Waals surface area contributed by atoms with Crippen LogP contribution in [-0.4, -0.2) is 44.0 Å². The monoisotopic (exact) mass is 281 g/mol. The number of hydrogen-bond donors (Lipinski definition) is 1. The molecule has 1 rings (SSSR count). The molecule has 108 valence electrons. The van der Waals surface area contributed by atoms with E-state index in [2.05, 4.69) is 13.8 Å². The van der Waals surface area contributed by atoms with Gasteiger partial charge in [-0.05, 0) is 19.3 Å². The van der Waals surface area contributed by atoms with E-state index in [4.69, 9.17) is 19.9 Å². The van der Waals surface area contributed by atoms with Gasteiger partial charge >= 0.3 is 5.97 Å². The van der Waals surface area contributed by atoms with E-state index in [0.717, 1.165) is 0 Å². The van der Waals surface area contributed by atoms with E-state index in [1.54, 1.807) is 0 Å². The first-order valence-corrected chi connectivity index (χ1v) is 6.16. The lowest BCUT2D eigenvalue weighted by atomic mass is 10.2. The Labute approximate surface area is 115 Å². The summed E-state index contributed by atoms with van der Waals surface area (Å²) in [4.78, 5) is 11.6. The maximum absolute atomic E-state index is 11.6. The van der Waals surface area contributed by atoms with Crippen LogP contribution in [0.5, 0.6) is 0 Å². The van der Waals surface area contributed by atoms with Gasteiger partial charge in [0.25, 0.3) is 0 Å². The van der Waals surface area contributed by atoms with Gasteiger partial charge in [-0.25, -0.2) is 0 Å². The van der Waals surface area contributed by atoms with Gasteiger partial charge in [-0.2, -0.15) is 0 Å². The summed E-state index contributed by atoms with van der Waals surface area (Å²) in [6.07, 6.45) is -0.0559. The third-order valence-corrected chi connectivity index (χ3v) is 2.63. The zero-order chi connectivity index (χ0) is 12.8. The quantitative estimate of drug-likeness (QED) is 0.785. The Kier molecular flexibility index (Phi) is 8.52. The molecule has 1 aliphatic rings. The fraction of sp³-hybridized carbons (Fsp3) is 0.917. The van der Waals surface area contributed by atoms with E-state index >= 15 is 0 Å². The molecule has 0 amide bonds. The zero-order valence-corrected chi connectivity index (χ0v) is 12.1. The van der Waals surface area contributed by atoms with Gasteiger partial charge in [-0.3, -0.25) is 4.79 Å². The van der Waals surface area contributed by atoms with Crippen LogP contribution in [0.2, 0.25) is 0 Å². The highest BCUT2D eigenvalue weighted by Gasteiger charge is 2.27. The standard InChI is InChI=1S/C12H23NO4.ClH/c1-8(2)6-16-11-7-15-5-4-10(13)12(14)17-9(11)3;/h8-11H,4-7,13H2,1-3H3;1H/t9-,10-,11+;/m0./s1. The Hall–Kier alpha value is -0.360. The highest BCUT2D eigenvalue weighted by molar-refractivity contribution is 5.85. The van der Waals surface area contributed by atoms with Crippen molar-refractivity contribution in [2.75, 3.05) is 19.8 Å². The molecule has 0 spiro atoms. The predicted octanol–water partition coefficient (Wildman–Crippen LogP) is 1.13. The Bertz CT molecular complexity index is 250. The molecule has 0 aromatic rings. The molecule has 1 heterocycles. The number of carbonyl (C=O) groups is 1. The van der Waals surface area contributed by atoms with Gasteiger partial charge in [0.2, 0.25) is 0 Å². The molecule has 18 heavy (non-hydrogen) atoms. The van der Waals surface area contributed by atoms with Crippen molar-refractivity contribution in [1.82, 2.24) is 0 Å². The minimum absolute atomic E-state index is 0. The van der Waals surface area contributed by atoms with E-state index in [-0.39, 0.29) is 30.6 Å². The molecule has 5 nitrogen and oxygen atoms in total. The number of halogens is 1. The van der Waals surface area contributed by atoms with Crippen LogP contribution in [0.1, 0.15) is 27.2 Å². The molecule has 2 N–H and O–H groups in total. The van der Waals surface area contributed by atoms with Crippen molar-refractivity contribution < 1.29 is 19.0 Å². The molecule has 1 fully saturated rings. The van der Waals surface area contributed by atoms with Crippen molar-refractivity contribution in [2.24, 2.45) is 11.7 Å². The zero-order valence-electron chi connectivity index (χ0n) is 11.3. The fourth-order valence-corrected chi connectivity index (χ4v) is 1.51. The number of esters is 1. The highest BCUT2D eigenvalue weighted by atomic mass is 35.5. The molecule has 0 aromatic carbocycles. The van der Waals surface area contributed by atoms with Gasteiger partial charge in [0, 0.05) is 13.2 Å². The Morgan fingerprint density at radius 2 is 2.17 bits per heavy atom. The summed E-state index contributed by atoms with van der Waals surface area (Å²) in [6, 6.07) is -0.596. The fourth-order valence-electron chi connectivity index (χ4n) is 1.51. The molecule has 6 heteroatoms. The van der Waals surface area contributed by atoms with Crippen LogP contribution >= 0.6 is 12.4 Å². The number of hydrogen-bond acceptors (Lipinski definition) is 5. The van der Waals surface area contributed by atoms with Crippen molar-refractivity contribution in [3.63, 3.8) is 0 Å². The molecule has 0 radical (unpaired) electrons. The lowest BCUT2D eigenvalue weighted by Gasteiger charge is -2.24. The molecule has 1 saturated heterocycles. The highest BCUT2D eigenvalue weighted by Crippen LogP contribution is 2.11. The average Bonchev–Trinajstić information content (AvgIpc) is 2.30. The van der Waals surface area contributed by atoms with E-state index in [1.807, 2.05) is 6.92 Å². The summed E-state index contributed by atoms with van der Waals surface area (Å²) in [5.74, 6) is 0.0638. The molecule has 0 unspecified atom stereocenters. The van der Waals surface area contributed by atoms with Gasteiger partial charge < -0.3 is 19.9 Å². The van der Waals surface area contributed by atoms with Crippen molar-refractivity contribution in [2.45, 2.75) is 45.4 Å². The number of cyclic esters (lactones) is 1. The summed E-state index contributed by atoms with van der Waals surface area (Å²) in [6.45, 7) is 7.48.